The standard InChI is InChI=1S/C10H21F/c1-3-10(2)8-6-4-5-7-9-11/h10H,3-9H2,1-2H3. The molecule has 0 nitrogen and oxygen atoms in total. The van der Waals surface area contributed by atoms with Crippen molar-refractivity contribution in [2.45, 2.75) is 52.4 Å². The van der Waals surface area contributed by atoms with E-state index in [-0.39, 0.29) is 6.67 Å². The first kappa shape index (κ1) is 10.9. The van der Waals surface area contributed by atoms with Crippen LogP contribution >= 0.6 is 0 Å². The predicted molar refractivity (Wildman–Crippen MR) is 48.5 cm³/mol. The summed E-state index contributed by atoms with van der Waals surface area (Å²) in [5.41, 5.74) is 0. The maximum absolute atomic E-state index is 11.6. The average Bonchev–Trinajstić information content (AvgIpc) is 2.04. The van der Waals surface area contributed by atoms with Gasteiger partial charge in [-0.1, -0.05) is 46.0 Å². The van der Waals surface area contributed by atoms with Gasteiger partial charge >= 0.3 is 0 Å². The monoisotopic (exact) mass is 160 g/mol. The lowest BCUT2D eigenvalue weighted by Crippen LogP contribution is -1.91. The number of hydrogen-bond donors (Lipinski definition) is 0. The Balaban J connectivity index is 2.89. The van der Waals surface area contributed by atoms with Crippen molar-refractivity contribution in [2.24, 2.45) is 5.92 Å². The van der Waals surface area contributed by atoms with Crippen molar-refractivity contribution in [3.63, 3.8) is 0 Å². The highest BCUT2D eigenvalue weighted by Gasteiger charge is 1.97. The molecule has 68 valence electrons. The smallest absolute Gasteiger partial charge is 0.0894 e. The highest BCUT2D eigenvalue weighted by atomic mass is 19.1. The average molecular weight is 160 g/mol. The van der Waals surface area contributed by atoms with Crippen LogP contribution in [-0.2, 0) is 0 Å². The molecule has 0 saturated carbocycles. The Kier molecular flexibility index (Phi) is 7.98. The molecule has 1 heteroatoms. The van der Waals surface area contributed by atoms with Gasteiger partial charge in [0.25, 0.3) is 0 Å². The van der Waals surface area contributed by atoms with E-state index in [0.29, 0.717) is 0 Å². The van der Waals surface area contributed by atoms with Crippen LogP contribution in [0.2, 0.25) is 0 Å². The number of unbranched alkanes of at least 4 members (excludes halogenated alkanes) is 3. The van der Waals surface area contributed by atoms with Crippen molar-refractivity contribution < 1.29 is 4.39 Å². The Morgan fingerprint density at radius 3 is 2.27 bits per heavy atom. The lowest BCUT2D eigenvalue weighted by molar-refractivity contribution is 0.434. The van der Waals surface area contributed by atoms with E-state index in [9.17, 15) is 4.39 Å². The lowest BCUT2D eigenvalue weighted by atomic mass is 10.0. The molecule has 0 aliphatic heterocycles. The zero-order valence-electron chi connectivity index (χ0n) is 7.91. The van der Waals surface area contributed by atoms with Gasteiger partial charge in [-0.3, -0.25) is 4.39 Å². The van der Waals surface area contributed by atoms with Gasteiger partial charge in [-0.05, 0) is 12.3 Å². The van der Waals surface area contributed by atoms with E-state index in [1.54, 1.807) is 0 Å². The van der Waals surface area contributed by atoms with Crippen molar-refractivity contribution >= 4 is 0 Å². The molecule has 0 bridgehead atoms. The third-order valence-corrected chi connectivity index (χ3v) is 2.28. The van der Waals surface area contributed by atoms with Gasteiger partial charge in [-0.25, -0.2) is 0 Å². The molecule has 0 aromatic carbocycles. The van der Waals surface area contributed by atoms with Crippen LogP contribution < -0.4 is 0 Å². The summed E-state index contributed by atoms with van der Waals surface area (Å²) in [6.07, 6.45) is 6.95. The van der Waals surface area contributed by atoms with Gasteiger partial charge in [0, 0.05) is 0 Å². The van der Waals surface area contributed by atoms with Crippen molar-refractivity contribution in [2.75, 3.05) is 6.67 Å². The molecule has 0 aliphatic carbocycles. The minimum atomic E-state index is -0.136. The van der Waals surface area contributed by atoms with E-state index in [0.717, 1.165) is 18.8 Å². The molecular weight excluding hydrogens is 139 g/mol. The van der Waals surface area contributed by atoms with Crippen molar-refractivity contribution in [3.8, 4) is 0 Å². The van der Waals surface area contributed by atoms with E-state index >= 15 is 0 Å². The zero-order chi connectivity index (χ0) is 8.53. The van der Waals surface area contributed by atoms with Gasteiger partial charge in [0.1, 0.15) is 0 Å². The van der Waals surface area contributed by atoms with Gasteiger partial charge < -0.3 is 0 Å². The normalized spacial score (nSPS) is 13.4. The van der Waals surface area contributed by atoms with Gasteiger partial charge in [0.2, 0.25) is 0 Å². The third-order valence-electron chi connectivity index (χ3n) is 2.28. The van der Waals surface area contributed by atoms with E-state index in [4.69, 9.17) is 0 Å². The van der Waals surface area contributed by atoms with Crippen molar-refractivity contribution in [1.82, 2.24) is 0 Å². The minimum absolute atomic E-state index is 0.136. The fraction of sp³-hybridized carbons (Fsp3) is 1.00. The molecule has 0 radical (unpaired) electrons. The van der Waals surface area contributed by atoms with E-state index in [1.165, 1.54) is 25.7 Å². The van der Waals surface area contributed by atoms with Crippen LogP contribution in [0.1, 0.15) is 52.4 Å². The van der Waals surface area contributed by atoms with Crippen LogP contribution in [0.3, 0.4) is 0 Å². The predicted octanol–water partition coefficient (Wildman–Crippen LogP) is 3.95. The van der Waals surface area contributed by atoms with Crippen molar-refractivity contribution in [1.29, 1.82) is 0 Å². The van der Waals surface area contributed by atoms with E-state index in [1.807, 2.05) is 0 Å². The number of halogens is 1. The fourth-order valence-corrected chi connectivity index (χ4v) is 1.14. The maximum atomic E-state index is 11.6. The highest BCUT2D eigenvalue weighted by Crippen LogP contribution is 2.12. The highest BCUT2D eigenvalue weighted by molar-refractivity contribution is 4.50. The number of hydrogen-bond acceptors (Lipinski definition) is 0. The Bertz CT molecular complexity index is 71.3. The van der Waals surface area contributed by atoms with Crippen LogP contribution in [0.4, 0.5) is 4.39 Å². The molecule has 1 unspecified atom stereocenters. The first-order valence-electron chi connectivity index (χ1n) is 4.87. The summed E-state index contributed by atoms with van der Waals surface area (Å²) in [7, 11) is 0. The van der Waals surface area contributed by atoms with Crippen LogP contribution in [0.25, 0.3) is 0 Å². The van der Waals surface area contributed by atoms with E-state index in [2.05, 4.69) is 13.8 Å². The second-order valence-corrected chi connectivity index (χ2v) is 3.41. The summed E-state index contributed by atoms with van der Waals surface area (Å²) in [6, 6.07) is 0. The SMILES string of the molecule is CCC(C)CCCCCCF. The van der Waals surface area contributed by atoms with Crippen molar-refractivity contribution in [3.05, 3.63) is 0 Å². The molecule has 0 rings (SSSR count). The molecule has 11 heavy (non-hydrogen) atoms. The number of rotatable bonds is 7. The molecule has 0 saturated heterocycles. The summed E-state index contributed by atoms with van der Waals surface area (Å²) in [4.78, 5) is 0. The Hall–Kier alpha value is -0.0700. The molecule has 0 heterocycles. The first-order chi connectivity index (χ1) is 5.31. The second-order valence-electron chi connectivity index (χ2n) is 3.41. The molecule has 1 atom stereocenters. The van der Waals surface area contributed by atoms with Crippen LogP contribution in [0.5, 0.6) is 0 Å². The van der Waals surface area contributed by atoms with Crippen LogP contribution in [0.15, 0.2) is 0 Å². The lowest BCUT2D eigenvalue weighted by Gasteiger charge is -2.06. The third kappa shape index (κ3) is 7.83. The van der Waals surface area contributed by atoms with Crippen LogP contribution in [-0.4, -0.2) is 6.67 Å². The molecule has 0 aromatic heterocycles. The summed E-state index contributed by atoms with van der Waals surface area (Å²) in [5, 5.41) is 0. The molecule has 0 aliphatic rings. The quantitative estimate of drug-likeness (QED) is 0.495. The topological polar surface area (TPSA) is 0 Å². The van der Waals surface area contributed by atoms with Gasteiger partial charge in [0.05, 0.1) is 6.67 Å². The molecule has 0 N–H and O–H groups in total. The van der Waals surface area contributed by atoms with Crippen LogP contribution in [0, 0.1) is 5.92 Å². The van der Waals surface area contributed by atoms with Gasteiger partial charge in [0.15, 0.2) is 0 Å². The molecule has 0 amide bonds. The molecule has 0 spiro atoms. The second kappa shape index (κ2) is 8.03. The summed E-state index contributed by atoms with van der Waals surface area (Å²) in [6.45, 7) is 4.38. The summed E-state index contributed by atoms with van der Waals surface area (Å²) in [5.74, 6) is 0.861. The van der Waals surface area contributed by atoms with Gasteiger partial charge in [-0.2, -0.15) is 0 Å². The Morgan fingerprint density at radius 1 is 1.09 bits per heavy atom. The molecule has 0 aromatic rings. The summed E-state index contributed by atoms with van der Waals surface area (Å²) >= 11 is 0. The number of alkyl halides is 1. The minimum Gasteiger partial charge on any atom is -0.251 e. The largest absolute Gasteiger partial charge is 0.251 e. The first-order valence-corrected chi connectivity index (χ1v) is 4.87. The zero-order valence-corrected chi connectivity index (χ0v) is 7.91. The Labute approximate surface area is 70.2 Å². The summed E-state index contributed by atoms with van der Waals surface area (Å²) < 4.78 is 11.6. The maximum Gasteiger partial charge on any atom is 0.0894 e. The Morgan fingerprint density at radius 2 is 1.73 bits per heavy atom. The van der Waals surface area contributed by atoms with E-state index < -0.39 is 0 Å². The molecule has 0 fully saturated rings. The fourth-order valence-electron chi connectivity index (χ4n) is 1.14. The molecular formula is C10H21F. The van der Waals surface area contributed by atoms with Gasteiger partial charge in [-0.15, -0.1) is 0 Å².